The van der Waals surface area contributed by atoms with E-state index in [1.165, 1.54) is 6.33 Å². The molecular weight excluding hydrogens is 359 g/mol. The van der Waals surface area contributed by atoms with Gasteiger partial charge in [-0.2, -0.15) is 0 Å². The highest BCUT2D eigenvalue weighted by Gasteiger charge is 2.12. The van der Waals surface area contributed by atoms with Gasteiger partial charge in [0, 0.05) is 16.0 Å². The summed E-state index contributed by atoms with van der Waals surface area (Å²) in [5.41, 5.74) is 7.62. The van der Waals surface area contributed by atoms with Crippen LogP contribution < -0.4 is 11.9 Å². The van der Waals surface area contributed by atoms with Crippen molar-refractivity contribution in [3.05, 3.63) is 40.6 Å². The summed E-state index contributed by atoms with van der Waals surface area (Å²) in [7, 11) is 0. The van der Waals surface area contributed by atoms with Gasteiger partial charge in [-0.05, 0) is 34.7 Å². The van der Waals surface area contributed by atoms with Crippen LogP contribution >= 0.6 is 22.6 Å². The Balaban J connectivity index is 0.000000902. The number of nitrogen functional groups attached to an aromatic ring is 1. The van der Waals surface area contributed by atoms with Gasteiger partial charge < -0.3 is 17.4 Å². The fraction of sp³-hybridized carbons (Fsp3) is 0. The molecule has 0 aliphatic carbocycles. The van der Waals surface area contributed by atoms with Crippen LogP contribution in [0.15, 0.2) is 37.1 Å². The third-order valence-electron chi connectivity index (χ3n) is 2.49. The summed E-state index contributed by atoms with van der Waals surface area (Å²) in [6.45, 7) is 0. The third kappa shape index (κ3) is 2.50. The standard InChI is InChI=1S/C11H8IN5.H3N.H2O/c12-8-5-17(7-2-1-3-14-4-7)11-9(8)10(13)15-6-16-11;;/h1-6H,(H2,13,15,16);1H3;1H2. The number of halogens is 1. The Morgan fingerprint density at radius 2 is 2.05 bits per heavy atom. The Morgan fingerprint density at radius 1 is 1.26 bits per heavy atom. The molecule has 3 aromatic heterocycles. The van der Waals surface area contributed by atoms with Gasteiger partial charge in [-0.3, -0.25) is 9.55 Å². The number of rotatable bonds is 1. The average molecular weight is 372 g/mol. The van der Waals surface area contributed by atoms with Gasteiger partial charge in [0.2, 0.25) is 0 Å². The van der Waals surface area contributed by atoms with Crippen molar-refractivity contribution in [3.63, 3.8) is 0 Å². The average Bonchev–Trinajstić information content (AvgIpc) is 2.69. The van der Waals surface area contributed by atoms with E-state index in [-0.39, 0.29) is 11.6 Å². The van der Waals surface area contributed by atoms with E-state index in [9.17, 15) is 0 Å². The number of anilines is 1. The molecule has 19 heavy (non-hydrogen) atoms. The van der Waals surface area contributed by atoms with Crippen molar-refractivity contribution in [1.82, 2.24) is 25.7 Å². The lowest BCUT2D eigenvalue weighted by atomic mass is 10.4. The molecule has 0 bridgehead atoms. The lowest BCUT2D eigenvalue weighted by molar-refractivity contribution is 0.824. The lowest BCUT2D eigenvalue weighted by Gasteiger charge is -2.03. The maximum atomic E-state index is 5.86. The minimum absolute atomic E-state index is 0. The normalized spacial score (nSPS) is 9.74. The molecule has 3 heterocycles. The van der Waals surface area contributed by atoms with Gasteiger partial charge in [-0.25, -0.2) is 9.97 Å². The van der Waals surface area contributed by atoms with E-state index in [2.05, 4.69) is 37.5 Å². The maximum absolute atomic E-state index is 5.86. The van der Waals surface area contributed by atoms with Crippen molar-refractivity contribution in [2.24, 2.45) is 0 Å². The van der Waals surface area contributed by atoms with Crippen LogP contribution in [0.2, 0.25) is 0 Å². The van der Waals surface area contributed by atoms with E-state index in [1.54, 1.807) is 12.4 Å². The second-order valence-electron chi connectivity index (χ2n) is 3.52. The van der Waals surface area contributed by atoms with Crippen molar-refractivity contribution in [2.45, 2.75) is 0 Å². The monoisotopic (exact) mass is 372 g/mol. The van der Waals surface area contributed by atoms with Crippen LogP contribution in [0.5, 0.6) is 0 Å². The summed E-state index contributed by atoms with van der Waals surface area (Å²) in [6.07, 6.45) is 6.98. The highest BCUT2D eigenvalue weighted by atomic mass is 127. The molecule has 0 fully saturated rings. The highest BCUT2D eigenvalue weighted by molar-refractivity contribution is 14.1. The molecule has 8 heteroatoms. The summed E-state index contributed by atoms with van der Waals surface area (Å²) in [6, 6.07) is 3.86. The second-order valence-corrected chi connectivity index (χ2v) is 4.68. The molecule has 100 valence electrons. The van der Waals surface area contributed by atoms with Crippen molar-refractivity contribution >= 4 is 39.4 Å². The summed E-state index contributed by atoms with van der Waals surface area (Å²) < 4.78 is 2.99. The van der Waals surface area contributed by atoms with E-state index < -0.39 is 0 Å². The van der Waals surface area contributed by atoms with E-state index in [4.69, 9.17) is 5.73 Å². The van der Waals surface area contributed by atoms with Gasteiger partial charge in [-0.1, -0.05) is 0 Å². The molecule has 0 saturated heterocycles. The van der Waals surface area contributed by atoms with Crippen molar-refractivity contribution in [3.8, 4) is 5.69 Å². The van der Waals surface area contributed by atoms with Crippen LogP contribution in [0.1, 0.15) is 0 Å². The number of nitrogens with two attached hydrogens (primary N) is 1. The van der Waals surface area contributed by atoms with Crippen molar-refractivity contribution in [1.29, 1.82) is 0 Å². The molecule has 0 aliphatic heterocycles. The molecule has 0 aromatic carbocycles. The molecule has 0 radical (unpaired) electrons. The number of pyridine rings is 1. The molecule has 0 atom stereocenters. The molecular formula is C11H13IN6O. The Kier molecular flexibility index (Phi) is 4.75. The summed E-state index contributed by atoms with van der Waals surface area (Å²) in [5, 5.41) is 0.886. The first kappa shape index (κ1) is 15.3. The highest BCUT2D eigenvalue weighted by Crippen LogP contribution is 2.27. The lowest BCUT2D eigenvalue weighted by Crippen LogP contribution is -1.97. The molecule has 0 spiro atoms. The molecule has 0 saturated carbocycles. The minimum Gasteiger partial charge on any atom is -0.412 e. The zero-order valence-electron chi connectivity index (χ0n) is 9.92. The summed E-state index contributed by atoms with van der Waals surface area (Å²) in [5.74, 6) is 0.502. The van der Waals surface area contributed by atoms with Gasteiger partial charge in [0.1, 0.15) is 12.1 Å². The quantitative estimate of drug-likeness (QED) is 0.621. The zero-order valence-corrected chi connectivity index (χ0v) is 12.1. The molecule has 3 rings (SSSR count). The van der Waals surface area contributed by atoms with Crippen LogP contribution in [0.4, 0.5) is 5.82 Å². The third-order valence-corrected chi connectivity index (χ3v) is 3.31. The van der Waals surface area contributed by atoms with Crippen LogP contribution in [0, 0.1) is 3.57 Å². The minimum atomic E-state index is 0. The first-order valence-corrected chi connectivity index (χ1v) is 6.02. The molecule has 7 nitrogen and oxygen atoms in total. The van der Waals surface area contributed by atoms with Crippen LogP contribution in [0.3, 0.4) is 0 Å². The molecule has 0 unspecified atom stereocenters. The zero-order chi connectivity index (χ0) is 11.8. The molecule has 7 N–H and O–H groups in total. The van der Waals surface area contributed by atoms with Gasteiger partial charge in [0.05, 0.1) is 17.3 Å². The van der Waals surface area contributed by atoms with Gasteiger partial charge >= 0.3 is 0 Å². The fourth-order valence-electron chi connectivity index (χ4n) is 1.73. The van der Waals surface area contributed by atoms with Crippen molar-refractivity contribution < 1.29 is 5.48 Å². The van der Waals surface area contributed by atoms with Crippen LogP contribution in [-0.4, -0.2) is 25.0 Å². The van der Waals surface area contributed by atoms with E-state index in [0.29, 0.717) is 5.82 Å². The summed E-state index contributed by atoms with van der Waals surface area (Å²) in [4.78, 5) is 12.4. The number of aromatic nitrogens is 4. The predicted molar refractivity (Wildman–Crippen MR) is 82.4 cm³/mol. The van der Waals surface area contributed by atoms with Crippen molar-refractivity contribution in [2.75, 3.05) is 5.73 Å². The summed E-state index contributed by atoms with van der Waals surface area (Å²) >= 11 is 2.23. The topological polar surface area (TPSA) is 136 Å². The van der Waals surface area contributed by atoms with Gasteiger partial charge in [-0.15, -0.1) is 0 Å². The van der Waals surface area contributed by atoms with E-state index in [1.807, 2.05) is 22.9 Å². The van der Waals surface area contributed by atoms with Crippen LogP contribution in [-0.2, 0) is 0 Å². The molecule has 3 aromatic rings. The maximum Gasteiger partial charge on any atom is 0.151 e. The fourth-order valence-corrected chi connectivity index (χ4v) is 2.53. The van der Waals surface area contributed by atoms with Gasteiger partial charge in [0.15, 0.2) is 5.65 Å². The first-order chi connectivity index (χ1) is 8.27. The van der Waals surface area contributed by atoms with E-state index in [0.717, 1.165) is 20.3 Å². The largest absolute Gasteiger partial charge is 0.412 e. The number of nitrogens with zero attached hydrogens (tertiary/aromatic N) is 4. The Hall–Kier alpha value is -1.78. The molecule has 0 amide bonds. The second kappa shape index (κ2) is 5.91. The van der Waals surface area contributed by atoms with Gasteiger partial charge in [0.25, 0.3) is 0 Å². The Bertz CT molecular complexity index is 684. The predicted octanol–water partition coefficient (Wildman–Crippen LogP) is 1.34. The number of hydrogen-bond acceptors (Lipinski definition) is 5. The number of hydrogen-bond donors (Lipinski definition) is 2. The van der Waals surface area contributed by atoms with Crippen LogP contribution in [0.25, 0.3) is 16.7 Å². The number of fused-ring (bicyclic) bond motifs is 1. The smallest absolute Gasteiger partial charge is 0.151 e. The Morgan fingerprint density at radius 3 is 2.74 bits per heavy atom. The first-order valence-electron chi connectivity index (χ1n) is 4.95. The Labute approximate surface area is 122 Å². The molecule has 0 aliphatic rings. The van der Waals surface area contributed by atoms with E-state index >= 15 is 0 Å². The SMILES string of the molecule is N.Nc1ncnc2c1c(I)cn2-c1cccnc1.O.